The van der Waals surface area contributed by atoms with Crippen LogP contribution in [0.15, 0.2) is 24.3 Å². The van der Waals surface area contributed by atoms with Crippen molar-refractivity contribution in [3.8, 4) is 0 Å². The Kier molecular flexibility index (Phi) is 3.96. The first-order chi connectivity index (χ1) is 8.92. The van der Waals surface area contributed by atoms with Crippen LogP contribution in [0.3, 0.4) is 0 Å². The minimum Gasteiger partial charge on any atom is -0.346 e. The predicted octanol–water partition coefficient (Wildman–Crippen LogP) is 3.85. The van der Waals surface area contributed by atoms with Gasteiger partial charge in [0.15, 0.2) is 6.29 Å². The molecule has 0 spiro atoms. The van der Waals surface area contributed by atoms with Crippen molar-refractivity contribution in [3.05, 3.63) is 35.4 Å². The molecule has 2 fully saturated rings. The minimum atomic E-state index is -0.131. The van der Waals surface area contributed by atoms with E-state index in [-0.39, 0.29) is 6.29 Å². The summed E-state index contributed by atoms with van der Waals surface area (Å²) in [5.41, 5.74) is 2.61. The number of hydrogen-bond acceptors (Lipinski definition) is 2. The van der Waals surface area contributed by atoms with Gasteiger partial charge < -0.3 is 9.47 Å². The Morgan fingerprint density at radius 1 is 0.889 bits per heavy atom. The van der Waals surface area contributed by atoms with E-state index in [0.717, 1.165) is 11.5 Å². The average molecular weight is 246 g/mol. The predicted molar refractivity (Wildman–Crippen MR) is 71.4 cm³/mol. The second kappa shape index (κ2) is 5.85. The van der Waals surface area contributed by atoms with Gasteiger partial charge in [-0.2, -0.15) is 0 Å². The molecule has 1 heterocycles. The maximum Gasteiger partial charge on any atom is 0.184 e. The molecule has 1 saturated heterocycles. The van der Waals surface area contributed by atoms with E-state index >= 15 is 0 Å². The van der Waals surface area contributed by atoms with Gasteiger partial charge in [0.2, 0.25) is 0 Å². The average Bonchev–Trinajstić information content (AvgIpc) is 2.95. The van der Waals surface area contributed by atoms with Crippen LogP contribution >= 0.6 is 0 Å². The van der Waals surface area contributed by atoms with Crippen molar-refractivity contribution in [3.63, 3.8) is 0 Å². The van der Waals surface area contributed by atoms with E-state index in [1.54, 1.807) is 0 Å². The molecule has 0 amide bonds. The third-order valence-corrected chi connectivity index (χ3v) is 4.12. The second-order valence-electron chi connectivity index (χ2n) is 5.52. The highest BCUT2D eigenvalue weighted by Gasteiger charge is 2.18. The van der Waals surface area contributed by atoms with Crippen LogP contribution in [0.2, 0.25) is 0 Å². The highest BCUT2D eigenvalue weighted by Crippen LogP contribution is 2.28. The zero-order chi connectivity index (χ0) is 12.2. The molecule has 0 N–H and O–H groups in total. The Labute approximate surface area is 109 Å². The fourth-order valence-electron chi connectivity index (χ4n) is 3.09. The van der Waals surface area contributed by atoms with Crippen LogP contribution in [-0.4, -0.2) is 13.2 Å². The van der Waals surface area contributed by atoms with E-state index in [2.05, 4.69) is 24.3 Å². The molecular formula is C16H22O2. The number of ether oxygens (including phenoxy) is 2. The van der Waals surface area contributed by atoms with E-state index in [4.69, 9.17) is 9.47 Å². The molecule has 0 radical (unpaired) electrons. The van der Waals surface area contributed by atoms with Crippen molar-refractivity contribution in [2.24, 2.45) is 5.92 Å². The molecule has 1 aliphatic carbocycles. The largest absolute Gasteiger partial charge is 0.346 e. The van der Waals surface area contributed by atoms with Gasteiger partial charge in [-0.05, 0) is 17.9 Å². The molecule has 1 aliphatic heterocycles. The quantitative estimate of drug-likeness (QED) is 0.806. The van der Waals surface area contributed by atoms with Crippen molar-refractivity contribution in [2.75, 3.05) is 13.2 Å². The van der Waals surface area contributed by atoms with Crippen LogP contribution in [0.25, 0.3) is 0 Å². The molecule has 0 unspecified atom stereocenters. The van der Waals surface area contributed by atoms with Gasteiger partial charge in [0.1, 0.15) is 0 Å². The molecule has 2 aliphatic rings. The molecule has 3 rings (SSSR count). The normalized spacial score (nSPS) is 22.4. The van der Waals surface area contributed by atoms with Crippen molar-refractivity contribution < 1.29 is 9.47 Å². The van der Waals surface area contributed by atoms with Gasteiger partial charge in [-0.25, -0.2) is 0 Å². The summed E-state index contributed by atoms with van der Waals surface area (Å²) in [7, 11) is 0. The fraction of sp³-hybridized carbons (Fsp3) is 0.625. The summed E-state index contributed by atoms with van der Waals surface area (Å²) in [6.45, 7) is 1.43. The standard InChI is InChI=1S/C16H22O2/c1-2-4-13(5-3-1)12-14-6-8-15(9-7-14)16-17-10-11-18-16/h6-9,13,16H,1-5,10-12H2. The molecule has 1 aromatic rings. The molecule has 98 valence electrons. The Hall–Kier alpha value is -0.860. The highest BCUT2D eigenvalue weighted by molar-refractivity contribution is 5.24. The van der Waals surface area contributed by atoms with Gasteiger partial charge in [-0.1, -0.05) is 56.4 Å². The first-order valence-corrected chi connectivity index (χ1v) is 7.24. The van der Waals surface area contributed by atoms with Gasteiger partial charge in [0.05, 0.1) is 13.2 Å². The number of hydrogen-bond donors (Lipinski definition) is 0. The van der Waals surface area contributed by atoms with Crippen molar-refractivity contribution >= 4 is 0 Å². The Bertz CT molecular complexity index is 359. The SMILES string of the molecule is c1cc(C2OCCO2)ccc1CC1CCCCC1. The lowest BCUT2D eigenvalue weighted by molar-refractivity contribution is -0.0441. The third kappa shape index (κ3) is 2.93. The van der Waals surface area contributed by atoms with Crippen molar-refractivity contribution in [1.29, 1.82) is 0 Å². The van der Waals surface area contributed by atoms with Gasteiger partial charge in [-0.15, -0.1) is 0 Å². The molecule has 1 aromatic carbocycles. The summed E-state index contributed by atoms with van der Waals surface area (Å²) in [4.78, 5) is 0. The first kappa shape index (κ1) is 12.2. The van der Waals surface area contributed by atoms with Crippen molar-refractivity contribution in [2.45, 2.75) is 44.8 Å². The second-order valence-corrected chi connectivity index (χ2v) is 5.52. The van der Waals surface area contributed by atoms with Crippen LogP contribution in [-0.2, 0) is 15.9 Å². The summed E-state index contributed by atoms with van der Waals surface area (Å²) >= 11 is 0. The van der Waals surface area contributed by atoms with Gasteiger partial charge >= 0.3 is 0 Å². The van der Waals surface area contributed by atoms with Crippen molar-refractivity contribution in [1.82, 2.24) is 0 Å². The van der Waals surface area contributed by atoms with E-state index in [9.17, 15) is 0 Å². The maximum absolute atomic E-state index is 5.51. The lowest BCUT2D eigenvalue weighted by Crippen LogP contribution is -2.09. The zero-order valence-corrected chi connectivity index (χ0v) is 10.9. The molecule has 18 heavy (non-hydrogen) atoms. The van der Waals surface area contributed by atoms with Crippen LogP contribution in [0.1, 0.15) is 49.5 Å². The Balaban J connectivity index is 1.59. The molecule has 1 saturated carbocycles. The summed E-state index contributed by atoms with van der Waals surface area (Å²) in [6.07, 6.45) is 8.22. The Morgan fingerprint density at radius 2 is 1.56 bits per heavy atom. The van der Waals surface area contributed by atoms with E-state index < -0.39 is 0 Å². The lowest BCUT2D eigenvalue weighted by atomic mass is 9.85. The molecule has 0 aromatic heterocycles. The van der Waals surface area contributed by atoms with Crippen LogP contribution in [0.5, 0.6) is 0 Å². The summed E-state index contributed by atoms with van der Waals surface area (Å²) in [5, 5.41) is 0. The zero-order valence-electron chi connectivity index (χ0n) is 10.9. The maximum atomic E-state index is 5.51. The summed E-state index contributed by atoms with van der Waals surface area (Å²) in [5.74, 6) is 0.906. The molecule has 2 nitrogen and oxygen atoms in total. The van der Waals surface area contributed by atoms with Crippen LogP contribution in [0.4, 0.5) is 0 Å². The number of rotatable bonds is 3. The highest BCUT2D eigenvalue weighted by atomic mass is 16.7. The van der Waals surface area contributed by atoms with Gasteiger partial charge in [0, 0.05) is 5.56 Å². The van der Waals surface area contributed by atoms with Crippen LogP contribution in [0, 0.1) is 5.92 Å². The molecule has 2 heteroatoms. The lowest BCUT2D eigenvalue weighted by Gasteiger charge is -2.21. The smallest absolute Gasteiger partial charge is 0.184 e. The fourth-order valence-corrected chi connectivity index (χ4v) is 3.09. The van der Waals surface area contributed by atoms with Gasteiger partial charge in [-0.3, -0.25) is 0 Å². The van der Waals surface area contributed by atoms with E-state index in [0.29, 0.717) is 13.2 Å². The Morgan fingerprint density at radius 3 is 2.22 bits per heavy atom. The monoisotopic (exact) mass is 246 g/mol. The summed E-state index contributed by atoms with van der Waals surface area (Å²) in [6, 6.07) is 8.81. The van der Waals surface area contributed by atoms with E-state index in [1.807, 2.05) is 0 Å². The third-order valence-electron chi connectivity index (χ3n) is 4.12. The summed E-state index contributed by atoms with van der Waals surface area (Å²) < 4.78 is 11.0. The number of benzene rings is 1. The van der Waals surface area contributed by atoms with Gasteiger partial charge in [0.25, 0.3) is 0 Å². The molecular weight excluding hydrogens is 224 g/mol. The molecule has 0 bridgehead atoms. The van der Waals surface area contributed by atoms with Crippen LogP contribution < -0.4 is 0 Å². The molecule has 0 atom stereocenters. The first-order valence-electron chi connectivity index (χ1n) is 7.24. The minimum absolute atomic E-state index is 0.131. The van der Waals surface area contributed by atoms with E-state index in [1.165, 1.54) is 44.1 Å². The topological polar surface area (TPSA) is 18.5 Å².